The van der Waals surface area contributed by atoms with Gasteiger partial charge in [-0.05, 0) is 18.2 Å². The first kappa shape index (κ1) is 13.5. The van der Waals surface area contributed by atoms with E-state index in [1.165, 1.54) is 0 Å². The number of hydrogen-bond donors (Lipinski definition) is 3. The van der Waals surface area contributed by atoms with Crippen molar-refractivity contribution < 1.29 is 9.42 Å². The summed E-state index contributed by atoms with van der Waals surface area (Å²) in [5.74, 6) is 0. The van der Waals surface area contributed by atoms with Crippen molar-refractivity contribution in [1.82, 2.24) is 6.15 Å². The lowest BCUT2D eigenvalue weighted by Crippen LogP contribution is -1.86. The fourth-order valence-corrected chi connectivity index (χ4v) is 1.16. The predicted octanol–water partition coefficient (Wildman–Crippen LogP) is 2.11. The van der Waals surface area contributed by atoms with Crippen molar-refractivity contribution >= 4 is 29.7 Å². The van der Waals surface area contributed by atoms with Gasteiger partial charge in [-0.15, -0.1) is 0 Å². The van der Waals surface area contributed by atoms with Crippen molar-refractivity contribution in [2.75, 3.05) is 6.61 Å². The van der Waals surface area contributed by atoms with Gasteiger partial charge in [0.25, 0.3) is 0 Å². The minimum absolute atomic E-state index is 0. The van der Waals surface area contributed by atoms with Crippen LogP contribution in [-0.2, 0) is 16.3 Å². The minimum atomic E-state index is -2.67. The quantitative estimate of drug-likeness (QED) is 0.372. The summed E-state index contributed by atoms with van der Waals surface area (Å²) in [6.45, 7) is 2.57. The Morgan fingerprint density at radius 1 is 1.70 bits per heavy atom. The number of hydrogen-bond acceptors (Lipinski definition) is 3. The van der Waals surface area contributed by atoms with Crippen LogP contribution < -0.4 is 6.15 Å². The number of thiol groups is 1. The van der Waals surface area contributed by atoms with Gasteiger partial charge in [-0.25, -0.2) is 0 Å². The summed E-state index contributed by atoms with van der Waals surface area (Å²) in [5, 5.41) is 0. The molecule has 0 bridgehead atoms. The number of unbranched alkanes of at least 4 members (excludes halogenated alkanes) is 1. The highest BCUT2D eigenvalue weighted by molar-refractivity contribution is 8.59. The zero-order chi connectivity index (χ0) is 7.33. The van der Waals surface area contributed by atoms with Gasteiger partial charge < -0.3 is 15.6 Å². The minimum Gasteiger partial charge on any atom is -0.344 e. The molecular weight excluding hydrogens is 189 g/mol. The van der Waals surface area contributed by atoms with Gasteiger partial charge in [0.05, 0.1) is 6.61 Å². The fourth-order valence-electron chi connectivity index (χ4n) is 0.328. The molecule has 0 saturated carbocycles. The predicted molar refractivity (Wildman–Crippen MR) is 51.4 cm³/mol. The van der Waals surface area contributed by atoms with Gasteiger partial charge in [-0.2, -0.15) is 0 Å². The van der Waals surface area contributed by atoms with Crippen molar-refractivity contribution in [3.8, 4) is 0 Å². The third-order valence-electron chi connectivity index (χ3n) is 0.757. The molecule has 3 nitrogen and oxygen atoms in total. The molecule has 64 valence electrons. The van der Waals surface area contributed by atoms with E-state index >= 15 is 0 Å². The standard InChI is InChI=1S/C4H11O2PS2.H3N/c1-2-3-4-6-7(5,8)9;/h2-4H2,1H3,(H2,5,8,9);1H3. The summed E-state index contributed by atoms with van der Waals surface area (Å²) in [4.78, 5) is 8.81. The second-order valence-electron chi connectivity index (χ2n) is 1.68. The van der Waals surface area contributed by atoms with Crippen LogP contribution in [0.15, 0.2) is 0 Å². The Kier molecular flexibility index (Phi) is 8.86. The van der Waals surface area contributed by atoms with Crippen molar-refractivity contribution in [3.63, 3.8) is 0 Å². The van der Waals surface area contributed by atoms with E-state index in [0.717, 1.165) is 12.8 Å². The van der Waals surface area contributed by atoms with Crippen LogP contribution in [0.4, 0.5) is 0 Å². The lowest BCUT2D eigenvalue weighted by molar-refractivity contribution is 0.312. The second kappa shape index (κ2) is 6.58. The van der Waals surface area contributed by atoms with Gasteiger partial charge in [-0.1, -0.05) is 25.6 Å². The highest BCUT2D eigenvalue weighted by Gasteiger charge is 2.03. The molecule has 0 saturated heterocycles. The van der Waals surface area contributed by atoms with E-state index in [1.54, 1.807) is 0 Å². The molecule has 4 N–H and O–H groups in total. The molecule has 0 aliphatic rings. The average molecular weight is 203 g/mol. The first-order valence-corrected chi connectivity index (χ1v) is 6.59. The summed E-state index contributed by atoms with van der Waals surface area (Å²) in [6.07, 6.45) is 1.97. The molecular formula is C4H14NO2PS2. The molecule has 0 spiro atoms. The zero-order valence-corrected chi connectivity index (χ0v) is 8.59. The second-order valence-corrected chi connectivity index (χ2v) is 6.84. The molecule has 0 aromatic rings. The lowest BCUT2D eigenvalue weighted by atomic mass is 10.4. The fraction of sp³-hybridized carbons (Fsp3) is 1.00. The van der Waals surface area contributed by atoms with E-state index < -0.39 is 5.69 Å². The van der Waals surface area contributed by atoms with Crippen LogP contribution in [0.25, 0.3) is 0 Å². The van der Waals surface area contributed by atoms with E-state index in [2.05, 4.69) is 24.1 Å². The van der Waals surface area contributed by atoms with Crippen molar-refractivity contribution in [2.45, 2.75) is 19.8 Å². The normalized spacial score (nSPS) is 15.5. The van der Waals surface area contributed by atoms with E-state index in [9.17, 15) is 0 Å². The molecule has 10 heavy (non-hydrogen) atoms. The van der Waals surface area contributed by atoms with Crippen molar-refractivity contribution in [3.05, 3.63) is 0 Å². The largest absolute Gasteiger partial charge is 0.344 e. The van der Waals surface area contributed by atoms with E-state index in [4.69, 9.17) is 9.42 Å². The summed E-state index contributed by atoms with van der Waals surface area (Å²) in [5.41, 5.74) is -2.67. The monoisotopic (exact) mass is 203 g/mol. The smallest absolute Gasteiger partial charge is 0.241 e. The number of rotatable bonds is 4. The molecule has 0 radical (unpaired) electrons. The molecule has 0 aliphatic carbocycles. The van der Waals surface area contributed by atoms with Crippen LogP contribution in [0.1, 0.15) is 19.8 Å². The first-order valence-electron chi connectivity index (χ1n) is 2.76. The Labute approximate surface area is 72.1 Å². The maximum atomic E-state index is 8.81. The molecule has 0 aromatic heterocycles. The Bertz CT molecular complexity index is 116. The van der Waals surface area contributed by atoms with Crippen LogP contribution in [0, 0.1) is 0 Å². The van der Waals surface area contributed by atoms with Crippen LogP contribution in [0.2, 0.25) is 0 Å². The Morgan fingerprint density at radius 2 is 2.20 bits per heavy atom. The van der Waals surface area contributed by atoms with Crippen molar-refractivity contribution in [1.29, 1.82) is 0 Å². The SMILES string of the molecule is CCCCOP(O)(=S)S.N. The van der Waals surface area contributed by atoms with Crippen LogP contribution in [0.5, 0.6) is 0 Å². The maximum Gasteiger partial charge on any atom is 0.241 e. The van der Waals surface area contributed by atoms with Crippen LogP contribution in [0.3, 0.4) is 0 Å². The van der Waals surface area contributed by atoms with E-state index in [-0.39, 0.29) is 6.15 Å². The molecule has 0 fully saturated rings. The highest BCUT2D eigenvalue weighted by Crippen LogP contribution is 2.47. The highest BCUT2D eigenvalue weighted by atomic mass is 32.9. The molecule has 1 atom stereocenters. The molecule has 0 amide bonds. The topological polar surface area (TPSA) is 64.5 Å². The Balaban J connectivity index is 0. The van der Waals surface area contributed by atoms with Crippen LogP contribution in [-0.4, -0.2) is 11.5 Å². The van der Waals surface area contributed by atoms with E-state index in [0.29, 0.717) is 6.61 Å². The third kappa shape index (κ3) is 11.6. The van der Waals surface area contributed by atoms with Gasteiger partial charge in [-0.3, -0.25) is 0 Å². The molecule has 1 unspecified atom stereocenters. The van der Waals surface area contributed by atoms with Crippen LogP contribution >= 0.6 is 17.9 Å². The summed E-state index contributed by atoms with van der Waals surface area (Å²) >= 11 is 8.19. The first-order chi connectivity index (χ1) is 4.06. The van der Waals surface area contributed by atoms with E-state index in [1.807, 2.05) is 6.92 Å². The third-order valence-corrected chi connectivity index (χ3v) is 1.94. The molecule has 0 aliphatic heterocycles. The van der Waals surface area contributed by atoms with Gasteiger partial charge in [0.2, 0.25) is 5.69 Å². The van der Waals surface area contributed by atoms with Gasteiger partial charge in [0.15, 0.2) is 0 Å². The Morgan fingerprint density at radius 3 is 2.50 bits per heavy atom. The summed E-state index contributed by atoms with van der Waals surface area (Å²) in [6, 6.07) is 0. The zero-order valence-electron chi connectivity index (χ0n) is 5.99. The van der Waals surface area contributed by atoms with Gasteiger partial charge >= 0.3 is 0 Å². The maximum absolute atomic E-state index is 8.81. The van der Waals surface area contributed by atoms with Crippen molar-refractivity contribution in [2.24, 2.45) is 0 Å². The Hall–Kier alpha value is 0.880. The summed E-state index contributed by atoms with van der Waals surface area (Å²) in [7, 11) is 0. The average Bonchev–Trinajstić information content (AvgIpc) is 1.63. The molecule has 0 heterocycles. The summed E-state index contributed by atoms with van der Waals surface area (Å²) < 4.78 is 4.82. The van der Waals surface area contributed by atoms with Gasteiger partial charge in [0, 0.05) is 0 Å². The molecule has 6 heteroatoms. The lowest BCUT2D eigenvalue weighted by Gasteiger charge is -2.06. The van der Waals surface area contributed by atoms with Gasteiger partial charge in [0.1, 0.15) is 0 Å². The molecule has 0 rings (SSSR count). The molecule has 0 aromatic carbocycles.